The van der Waals surface area contributed by atoms with Crippen LogP contribution in [0.5, 0.6) is 0 Å². The average molecular weight is 238 g/mol. The first-order valence-electron chi connectivity index (χ1n) is 6.69. The van der Waals surface area contributed by atoms with Gasteiger partial charge in [0.1, 0.15) is 0 Å². The number of aliphatic hydroxyl groups excluding tert-OH is 1. The third kappa shape index (κ3) is 4.52. The van der Waals surface area contributed by atoms with E-state index in [1.807, 2.05) is 12.3 Å². The number of hydrogen-bond donors (Lipinski definition) is 3. The molecule has 0 radical (unpaired) electrons. The van der Waals surface area contributed by atoms with Crippen molar-refractivity contribution in [2.75, 3.05) is 6.61 Å². The number of aromatic nitrogens is 1. The van der Waals surface area contributed by atoms with E-state index < -0.39 is 0 Å². The number of aliphatic hydroxyl groups is 1. The molecule has 0 bridgehead atoms. The van der Waals surface area contributed by atoms with Gasteiger partial charge in [-0.1, -0.05) is 33.6 Å². The topological polar surface area (TPSA) is 48.0 Å². The van der Waals surface area contributed by atoms with Gasteiger partial charge in [-0.2, -0.15) is 0 Å². The van der Waals surface area contributed by atoms with E-state index in [0.29, 0.717) is 12.0 Å². The third-order valence-corrected chi connectivity index (χ3v) is 3.26. The molecule has 0 amide bonds. The van der Waals surface area contributed by atoms with Gasteiger partial charge >= 0.3 is 0 Å². The third-order valence-electron chi connectivity index (χ3n) is 3.26. The molecule has 0 aromatic carbocycles. The number of aromatic amines is 1. The highest BCUT2D eigenvalue weighted by atomic mass is 16.3. The highest BCUT2D eigenvalue weighted by molar-refractivity contribution is 5.09. The zero-order valence-electron chi connectivity index (χ0n) is 11.2. The number of H-pyrrole nitrogens is 1. The van der Waals surface area contributed by atoms with E-state index in [1.54, 1.807) is 0 Å². The number of rotatable bonds is 8. The molecule has 0 unspecified atom stereocenters. The van der Waals surface area contributed by atoms with Gasteiger partial charge in [-0.15, -0.1) is 0 Å². The lowest BCUT2D eigenvalue weighted by atomic mass is 10.0. The van der Waals surface area contributed by atoms with Crippen LogP contribution in [0.3, 0.4) is 0 Å². The Labute approximate surface area is 105 Å². The summed E-state index contributed by atoms with van der Waals surface area (Å²) in [6.07, 6.45) is 5.47. The van der Waals surface area contributed by atoms with E-state index in [4.69, 9.17) is 0 Å². The van der Waals surface area contributed by atoms with E-state index in [9.17, 15) is 5.11 Å². The standard InChI is InChI=1S/C14H26N2O/c1-4-5-7-13(12-8-6-9-15-12)16-14(10-17)11(2)3/h6,8-9,11,13-17H,4-5,7,10H2,1-3H3/t13-,14+/m0/s1. The Hall–Kier alpha value is -0.800. The molecule has 3 N–H and O–H groups in total. The normalized spacial score (nSPS) is 15.1. The van der Waals surface area contributed by atoms with E-state index in [1.165, 1.54) is 18.5 Å². The van der Waals surface area contributed by atoms with Crippen molar-refractivity contribution in [1.29, 1.82) is 0 Å². The van der Waals surface area contributed by atoms with Gasteiger partial charge in [0.05, 0.1) is 6.61 Å². The molecule has 0 aliphatic heterocycles. The van der Waals surface area contributed by atoms with Gasteiger partial charge in [-0.3, -0.25) is 0 Å². The minimum absolute atomic E-state index is 0.167. The Bertz CT molecular complexity index is 282. The van der Waals surface area contributed by atoms with Gasteiger partial charge in [-0.25, -0.2) is 0 Å². The van der Waals surface area contributed by atoms with Crippen LogP contribution in [0, 0.1) is 5.92 Å². The molecule has 1 rings (SSSR count). The van der Waals surface area contributed by atoms with Gasteiger partial charge in [-0.05, 0) is 24.5 Å². The van der Waals surface area contributed by atoms with Gasteiger partial charge in [0.2, 0.25) is 0 Å². The smallest absolute Gasteiger partial charge is 0.0587 e. The Morgan fingerprint density at radius 2 is 2.18 bits per heavy atom. The van der Waals surface area contributed by atoms with Crippen LogP contribution in [0.25, 0.3) is 0 Å². The Kier molecular flexibility index (Phi) is 6.30. The summed E-state index contributed by atoms with van der Waals surface area (Å²) >= 11 is 0. The second-order valence-corrected chi connectivity index (χ2v) is 5.02. The molecule has 98 valence electrons. The molecule has 1 aromatic rings. The fourth-order valence-corrected chi connectivity index (χ4v) is 2.01. The zero-order chi connectivity index (χ0) is 12.7. The molecule has 0 aliphatic rings. The number of nitrogens with one attached hydrogen (secondary N) is 2. The first-order valence-corrected chi connectivity index (χ1v) is 6.69. The molecule has 1 aromatic heterocycles. The van der Waals surface area contributed by atoms with Crippen molar-refractivity contribution < 1.29 is 5.11 Å². The number of unbranched alkanes of at least 4 members (excludes halogenated alkanes) is 1. The van der Waals surface area contributed by atoms with Crippen LogP contribution in [-0.4, -0.2) is 22.7 Å². The SMILES string of the molecule is CCCC[C@H](N[C@H](CO)C(C)C)c1ccc[nH]1. The van der Waals surface area contributed by atoms with E-state index in [-0.39, 0.29) is 12.6 Å². The maximum Gasteiger partial charge on any atom is 0.0587 e. The van der Waals surface area contributed by atoms with E-state index >= 15 is 0 Å². The van der Waals surface area contributed by atoms with Crippen LogP contribution in [0.4, 0.5) is 0 Å². The van der Waals surface area contributed by atoms with Gasteiger partial charge in [0.25, 0.3) is 0 Å². The predicted octanol–water partition coefficient (Wildman–Crippen LogP) is 2.85. The fourth-order valence-electron chi connectivity index (χ4n) is 2.01. The van der Waals surface area contributed by atoms with Crippen molar-refractivity contribution >= 4 is 0 Å². The summed E-state index contributed by atoms with van der Waals surface area (Å²) in [6.45, 7) is 6.68. The number of hydrogen-bond acceptors (Lipinski definition) is 2. The highest BCUT2D eigenvalue weighted by Gasteiger charge is 2.19. The molecule has 0 saturated carbocycles. The zero-order valence-corrected chi connectivity index (χ0v) is 11.2. The van der Waals surface area contributed by atoms with Crippen molar-refractivity contribution in [3.63, 3.8) is 0 Å². The van der Waals surface area contributed by atoms with Crippen molar-refractivity contribution in [1.82, 2.24) is 10.3 Å². The lowest BCUT2D eigenvalue weighted by molar-refractivity contribution is 0.195. The van der Waals surface area contributed by atoms with Gasteiger partial charge < -0.3 is 15.4 Å². The van der Waals surface area contributed by atoms with Crippen LogP contribution in [0.15, 0.2) is 18.3 Å². The largest absolute Gasteiger partial charge is 0.395 e. The maximum absolute atomic E-state index is 9.40. The van der Waals surface area contributed by atoms with Crippen molar-refractivity contribution in [3.05, 3.63) is 24.0 Å². The van der Waals surface area contributed by atoms with Crippen LogP contribution in [0.1, 0.15) is 51.8 Å². The van der Waals surface area contributed by atoms with E-state index in [2.05, 4.69) is 37.1 Å². The van der Waals surface area contributed by atoms with Crippen LogP contribution >= 0.6 is 0 Å². The first-order chi connectivity index (χ1) is 8.19. The van der Waals surface area contributed by atoms with Crippen LogP contribution in [-0.2, 0) is 0 Å². The molecule has 3 heteroatoms. The maximum atomic E-state index is 9.40. The van der Waals surface area contributed by atoms with Crippen molar-refractivity contribution in [2.45, 2.75) is 52.1 Å². The monoisotopic (exact) mass is 238 g/mol. The molecular formula is C14H26N2O. The molecule has 0 fully saturated rings. The lowest BCUT2D eigenvalue weighted by Gasteiger charge is -2.26. The minimum Gasteiger partial charge on any atom is -0.395 e. The van der Waals surface area contributed by atoms with Gasteiger partial charge in [0, 0.05) is 24.0 Å². The molecule has 17 heavy (non-hydrogen) atoms. The average Bonchev–Trinajstić information content (AvgIpc) is 2.82. The quantitative estimate of drug-likeness (QED) is 0.652. The fraction of sp³-hybridized carbons (Fsp3) is 0.714. The molecule has 1 heterocycles. The second kappa shape index (κ2) is 7.51. The summed E-state index contributed by atoms with van der Waals surface area (Å²) in [4.78, 5) is 3.27. The predicted molar refractivity (Wildman–Crippen MR) is 71.9 cm³/mol. The Morgan fingerprint density at radius 1 is 1.41 bits per heavy atom. The first kappa shape index (κ1) is 14.3. The molecular weight excluding hydrogens is 212 g/mol. The summed E-state index contributed by atoms with van der Waals surface area (Å²) in [5, 5.41) is 13.0. The second-order valence-electron chi connectivity index (χ2n) is 5.02. The Morgan fingerprint density at radius 3 is 2.65 bits per heavy atom. The molecule has 2 atom stereocenters. The molecule has 3 nitrogen and oxygen atoms in total. The summed E-state index contributed by atoms with van der Waals surface area (Å²) < 4.78 is 0. The van der Waals surface area contributed by atoms with Crippen molar-refractivity contribution in [2.24, 2.45) is 5.92 Å². The molecule has 0 spiro atoms. The molecule has 0 saturated heterocycles. The van der Waals surface area contributed by atoms with E-state index in [0.717, 1.165) is 6.42 Å². The van der Waals surface area contributed by atoms with Crippen molar-refractivity contribution in [3.8, 4) is 0 Å². The highest BCUT2D eigenvalue weighted by Crippen LogP contribution is 2.19. The summed E-state index contributed by atoms with van der Waals surface area (Å²) in [5.41, 5.74) is 1.22. The van der Waals surface area contributed by atoms with Crippen LogP contribution in [0.2, 0.25) is 0 Å². The Balaban J connectivity index is 2.63. The van der Waals surface area contributed by atoms with Gasteiger partial charge in [0.15, 0.2) is 0 Å². The summed E-state index contributed by atoms with van der Waals surface area (Å²) in [7, 11) is 0. The summed E-state index contributed by atoms with van der Waals surface area (Å²) in [6, 6.07) is 4.63. The summed E-state index contributed by atoms with van der Waals surface area (Å²) in [5.74, 6) is 0.444. The van der Waals surface area contributed by atoms with Crippen LogP contribution < -0.4 is 5.32 Å². The minimum atomic E-state index is 0.167. The lowest BCUT2D eigenvalue weighted by Crippen LogP contribution is -2.39. The molecule has 0 aliphatic carbocycles.